The first-order valence-electron chi connectivity index (χ1n) is 10.5. The van der Waals surface area contributed by atoms with Crippen molar-refractivity contribution in [3.8, 4) is 5.88 Å². The third kappa shape index (κ3) is 6.86. The Morgan fingerprint density at radius 1 is 1.09 bits per heavy atom. The number of hydrogen-bond acceptors (Lipinski definition) is 9. The Hall–Kier alpha value is -3.76. The van der Waals surface area contributed by atoms with Gasteiger partial charge in [-0.2, -0.15) is 0 Å². The number of ether oxygens (including phenoxy) is 2. The lowest BCUT2D eigenvalue weighted by molar-refractivity contribution is 0.0490. The Labute approximate surface area is 191 Å². The van der Waals surface area contributed by atoms with Crippen LogP contribution in [0.2, 0.25) is 0 Å². The minimum atomic E-state index is -0.687. The van der Waals surface area contributed by atoms with E-state index in [2.05, 4.69) is 30.7 Å². The first kappa shape index (κ1) is 23.9. The molecular weight excluding hydrogens is 429 g/mol. The van der Waals surface area contributed by atoms with Gasteiger partial charge in [0.15, 0.2) is 11.6 Å². The molecule has 2 N–H and O–H groups in total. The third-order valence-corrected chi connectivity index (χ3v) is 4.05. The van der Waals surface area contributed by atoms with Crippen LogP contribution in [-0.4, -0.2) is 42.5 Å². The molecular formula is C22H28FN7O3. The van der Waals surface area contributed by atoms with Crippen molar-refractivity contribution in [1.29, 1.82) is 0 Å². The number of pyridine rings is 1. The van der Waals surface area contributed by atoms with Gasteiger partial charge in [-0.15, -0.1) is 9.78 Å². The van der Waals surface area contributed by atoms with Crippen LogP contribution in [0.15, 0.2) is 36.8 Å². The molecule has 0 fully saturated rings. The van der Waals surface area contributed by atoms with Crippen molar-refractivity contribution in [2.24, 2.45) is 0 Å². The average Bonchev–Trinajstić information content (AvgIpc) is 3.09. The molecule has 0 saturated carbocycles. The Balaban J connectivity index is 1.77. The number of carbonyl (C=O) groups excluding carboxylic acids is 1. The highest BCUT2D eigenvalue weighted by atomic mass is 19.1. The van der Waals surface area contributed by atoms with Crippen molar-refractivity contribution in [3.63, 3.8) is 0 Å². The zero-order valence-electron chi connectivity index (χ0n) is 19.5. The summed E-state index contributed by atoms with van der Waals surface area (Å²) in [6.07, 6.45) is 3.40. The molecule has 0 bridgehead atoms. The minimum absolute atomic E-state index is 0.176. The SMILES string of the molecule is CC(C)Oc1cc(Nc2cncc(N[C@@H](C)c3ccc(F)cn3)n2)nn1C(=O)OC(C)(C)C. The predicted molar refractivity (Wildman–Crippen MR) is 121 cm³/mol. The Morgan fingerprint density at radius 2 is 1.82 bits per heavy atom. The summed E-state index contributed by atoms with van der Waals surface area (Å²) in [6, 6.07) is 4.30. The van der Waals surface area contributed by atoms with E-state index in [-0.39, 0.29) is 18.0 Å². The van der Waals surface area contributed by atoms with E-state index < -0.39 is 17.5 Å². The van der Waals surface area contributed by atoms with Gasteiger partial charge in [0.05, 0.1) is 36.4 Å². The molecule has 1 atom stereocenters. The van der Waals surface area contributed by atoms with Crippen molar-refractivity contribution in [1.82, 2.24) is 24.7 Å². The van der Waals surface area contributed by atoms with Gasteiger partial charge in [0.2, 0.25) is 5.88 Å². The number of aromatic nitrogens is 5. The van der Waals surface area contributed by atoms with Gasteiger partial charge >= 0.3 is 6.09 Å². The van der Waals surface area contributed by atoms with E-state index in [1.54, 1.807) is 39.1 Å². The number of hydrogen-bond donors (Lipinski definition) is 2. The van der Waals surface area contributed by atoms with E-state index in [4.69, 9.17) is 9.47 Å². The summed E-state index contributed by atoms with van der Waals surface area (Å²) >= 11 is 0. The maximum absolute atomic E-state index is 13.1. The Bertz CT molecular complexity index is 1090. The molecule has 0 aliphatic rings. The van der Waals surface area contributed by atoms with Crippen LogP contribution in [0.25, 0.3) is 0 Å². The molecule has 0 amide bonds. The maximum Gasteiger partial charge on any atom is 0.438 e. The molecule has 3 aromatic heterocycles. The van der Waals surface area contributed by atoms with Crippen LogP contribution in [0, 0.1) is 5.82 Å². The van der Waals surface area contributed by atoms with Crippen LogP contribution >= 0.6 is 0 Å². The van der Waals surface area contributed by atoms with Gasteiger partial charge in [-0.25, -0.2) is 14.2 Å². The number of nitrogens with one attached hydrogen (secondary N) is 2. The van der Waals surface area contributed by atoms with Crippen LogP contribution < -0.4 is 15.4 Å². The monoisotopic (exact) mass is 457 g/mol. The first-order chi connectivity index (χ1) is 15.5. The molecule has 0 aliphatic heterocycles. The molecule has 0 aliphatic carbocycles. The minimum Gasteiger partial charge on any atom is -0.475 e. The maximum atomic E-state index is 13.1. The molecule has 0 aromatic carbocycles. The number of anilines is 3. The van der Waals surface area contributed by atoms with E-state index in [1.165, 1.54) is 12.3 Å². The van der Waals surface area contributed by atoms with Crippen molar-refractivity contribution >= 4 is 23.5 Å². The highest BCUT2D eigenvalue weighted by molar-refractivity contribution is 5.73. The number of halogens is 1. The summed E-state index contributed by atoms with van der Waals surface area (Å²) in [4.78, 5) is 25.3. The zero-order valence-corrected chi connectivity index (χ0v) is 19.5. The molecule has 0 saturated heterocycles. The van der Waals surface area contributed by atoms with E-state index in [0.717, 1.165) is 10.9 Å². The van der Waals surface area contributed by atoms with Crippen molar-refractivity contribution in [2.75, 3.05) is 10.6 Å². The summed E-state index contributed by atoms with van der Waals surface area (Å²) < 4.78 is 25.3. The van der Waals surface area contributed by atoms with Gasteiger partial charge < -0.3 is 20.1 Å². The average molecular weight is 458 g/mol. The molecule has 33 heavy (non-hydrogen) atoms. The molecule has 176 valence electrons. The standard InChI is InChI=1S/C22H28FN7O3/c1-13(2)32-20-9-17(29-30(20)21(31)33-22(4,5)6)27-19-12-24-11-18(28-19)26-14(3)16-8-7-15(23)10-25-16/h7-14H,1-6H3,(H2,26,27,28,29)/t14-/m0/s1. The molecule has 3 aromatic rings. The second kappa shape index (κ2) is 9.80. The molecule has 10 nitrogen and oxygen atoms in total. The number of nitrogens with zero attached hydrogens (tertiary/aromatic N) is 5. The molecule has 0 unspecified atom stereocenters. The van der Waals surface area contributed by atoms with Crippen LogP contribution in [0.1, 0.15) is 53.3 Å². The zero-order chi connectivity index (χ0) is 24.2. The molecule has 0 radical (unpaired) electrons. The summed E-state index contributed by atoms with van der Waals surface area (Å²) in [7, 11) is 0. The number of carbonyl (C=O) groups is 1. The van der Waals surface area contributed by atoms with Gasteiger partial charge in [0.25, 0.3) is 0 Å². The van der Waals surface area contributed by atoms with E-state index in [0.29, 0.717) is 23.1 Å². The highest BCUT2D eigenvalue weighted by Gasteiger charge is 2.23. The van der Waals surface area contributed by atoms with E-state index in [1.807, 2.05) is 20.8 Å². The van der Waals surface area contributed by atoms with E-state index in [9.17, 15) is 9.18 Å². The lowest BCUT2D eigenvalue weighted by Gasteiger charge is -2.19. The molecule has 11 heteroatoms. The lowest BCUT2D eigenvalue weighted by Crippen LogP contribution is -2.28. The summed E-state index contributed by atoms with van der Waals surface area (Å²) in [5.74, 6) is 1.04. The van der Waals surface area contributed by atoms with Gasteiger partial charge in [-0.05, 0) is 53.7 Å². The summed E-state index contributed by atoms with van der Waals surface area (Å²) in [6.45, 7) is 10.9. The predicted octanol–water partition coefficient (Wildman–Crippen LogP) is 4.69. The van der Waals surface area contributed by atoms with E-state index >= 15 is 0 Å². The Kier molecular flexibility index (Phi) is 7.10. The molecule has 3 rings (SSSR count). The van der Waals surface area contributed by atoms with Crippen LogP contribution in [-0.2, 0) is 4.74 Å². The summed E-state index contributed by atoms with van der Waals surface area (Å²) in [5, 5.41) is 10.4. The quantitative estimate of drug-likeness (QED) is 0.521. The van der Waals surface area contributed by atoms with Crippen molar-refractivity contribution in [2.45, 2.75) is 59.3 Å². The van der Waals surface area contributed by atoms with Gasteiger partial charge in [0.1, 0.15) is 17.2 Å². The van der Waals surface area contributed by atoms with Crippen LogP contribution in [0.5, 0.6) is 5.88 Å². The van der Waals surface area contributed by atoms with Crippen LogP contribution in [0.3, 0.4) is 0 Å². The Morgan fingerprint density at radius 3 is 2.45 bits per heavy atom. The molecule has 0 spiro atoms. The summed E-state index contributed by atoms with van der Waals surface area (Å²) in [5.41, 5.74) is -0.0315. The van der Waals surface area contributed by atoms with Gasteiger partial charge in [-0.3, -0.25) is 9.97 Å². The second-order valence-electron chi connectivity index (χ2n) is 8.61. The fraction of sp³-hybridized carbons (Fsp3) is 0.409. The normalized spacial score (nSPS) is 12.4. The topological polar surface area (TPSA) is 116 Å². The highest BCUT2D eigenvalue weighted by Crippen LogP contribution is 2.24. The second-order valence-corrected chi connectivity index (χ2v) is 8.61. The van der Waals surface area contributed by atoms with Gasteiger partial charge in [0, 0.05) is 6.07 Å². The largest absolute Gasteiger partial charge is 0.475 e. The fourth-order valence-corrected chi connectivity index (χ4v) is 2.75. The van der Waals surface area contributed by atoms with Crippen LogP contribution in [0.4, 0.5) is 26.6 Å². The fourth-order valence-electron chi connectivity index (χ4n) is 2.75. The van der Waals surface area contributed by atoms with Gasteiger partial charge in [-0.1, -0.05) is 0 Å². The third-order valence-electron chi connectivity index (χ3n) is 4.05. The first-order valence-corrected chi connectivity index (χ1v) is 10.5. The molecule has 3 heterocycles. The lowest BCUT2D eigenvalue weighted by atomic mass is 10.2. The van der Waals surface area contributed by atoms with Crippen molar-refractivity contribution < 1.29 is 18.7 Å². The number of rotatable bonds is 7. The van der Waals surface area contributed by atoms with Crippen molar-refractivity contribution in [3.05, 3.63) is 48.3 Å². The smallest absolute Gasteiger partial charge is 0.438 e.